The lowest BCUT2D eigenvalue weighted by atomic mass is 10.3. The molecule has 2 aromatic heterocycles. The zero-order valence-corrected chi connectivity index (χ0v) is 8.20. The van der Waals surface area contributed by atoms with E-state index in [4.69, 9.17) is 0 Å². The van der Waals surface area contributed by atoms with Crippen molar-refractivity contribution in [2.45, 2.75) is 0 Å². The normalized spacial score (nSPS) is 10.4. The fraction of sp³-hybridized carbons (Fsp3) is 0. The molecular formula is C8H5IN2O. The molecule has 1 N–H and O–H groups in total. The second-order valence-electron chi connectivity index (χ2n) is 2.37. The Morgan fingerprint density at radius 1 is 1.50 bits per heavy atom. The molecule has 0 aliphatic heterocycles. The Hall–Kier alpha value is -0.910. The Morgan fingerprint density at radius 2 is 2.33 bits per heavy atom. The molecule has 0 amide bonds. The van der Waals surface area contributed by atoms with Crippen LogP contribution in [-0.2, 0) is 0 Å². The molecule has 0 unspecified atom stereocenters. The smallest absolute Gasteiger partial charge is 0.221 e. The summed E-state index contributed by atoms with van der Waals surface area (Å²) in [6.07, 6.45) is 3.31. The molecule has 0 bridgehead atoms. The number of H-pyrrole nitrogens is 1. The van der Waals surface area contributed by atoms with Crippen LogP contribution in [0.2, 0.25) is 0 Å². The molecular weight excluding hydrogens is 267 g/mol. The largest absolute Gasteiger partial charge is 0.359 e. The standard InChI is InChI=1S/C8H5IN2O/c9-5-4-11-6-2-1-3-10-7(6)8(5)12/h1-4H,(H,11,12). The predicted octanol–water partition coefficient (Wildman–Crippen LogP) is 1.53. The molecule has 2 aromatic rings. The van der Waals surface area contributed by atoms with Crippen LogP contribution in [0.25, 0.3) is 11.0 Å². The van der Waals surface area contributed by atoms with Gasteiger partial charge in [-0.3, -0.25) is 9.78 Å². The minimum Gasteiger partial charge on any atom is -0.359 e. The summed E-state index contributed by atoms with van der Waals surface area (Å²) in [5.74, 6) is 0. The Bertz CT molecular complexity index is 478. The van der Waals surface area contributed by atoms with Crippen LogP contribution in [-0.4, -0.2) is 9.97 Å². The summed E-state index contributed by atoms with van der Waals surface area (Å²) in [6, 6.07) is 3.63. The van der Waals surface area contributed by atoms with Crippen LogP contribution in [0.4, 0.5) is 0 Å². The van der Waals surface area contributed by atoms with Gasteiger partial charge in [-0.25, -0.2) is 0 Å². The molecule has 0 saturated carbocycles. The van der Waals surface area contributed by atoms with E-state index in [-0.39, 0.29) is 5.43 Å². The first-order valence-electron chi connectivity index (χ1n) is 3.41. The number of aromatic nitrogens is 2. The monoisotopic (exact) mass is 272 g/mol. The number of rotatable bonds is 0. The number of nitrogens with zero attached hydrogens (tertiary/aromatic N) is 1. The van der Waals surface area contributed by atoms with Gasteiger partial charge >= 0.3 is 0 Å². The van der Waals surface area contributed by atoms with Gasteiger partial charge in [0, 0.05) is 12.4 Å². The highest BCUT2D eigenvalue weighted by Gasteiger charge is 2.01. The van der Waals surface area contributed by atoms with Gasteiger partial charge in [0.1, 0.15) is 5.52 Å². The van der Waals surface area contributed by atoms with Crippen LogP contribution >= 0.6 is 22.6 Å². The van der Waals surface area contributed by atoms with Crippen LogP contribution in [0.5, 0.6) is 0 Å². The van der Waals surface area contributed by atoms with E-state index < -0.39 is 0 Å². The van der Waals surface area contributed by atoms with Gasteiger partial charge in [0.15, 0.2) is 0 Å². The quantitative estimate of drug-likeness (QED) is 0.739. The zero-order chi connectivity index (χ0) is 8.55. The lowest BCUT2D eigenvalue weighted by molar-refractivity contribution is 1.29. The number of hydrogen-bond acceptors (Lipinski definition) is 2. The number of pyridine rings is 2. The Labute approximate surface area is 82.0 Å². The van der Waals surface area contributed by atoms with Crippen molar-refractivity contribution in [2.24, 2.45) is 0 Å². The maximum atomic E-state index is 11.4. The van der Waals surface area contributed by atoms with Gasteiger partial charge in [-0.1, -0.05) is 0 Å². The molecule has 2 heterocycles. The van der Waals surface area contributed by atoms with E-state index in [9.17, 15) is 4.79 Å². The summed E-state index contributed by atoms with van der Waals surface area (Å²) in [6.45, 7) is 0. The first-order chi connectivity index (χ1) is 5.79. The van der Waals surface area contributed by atoms with Crippen LogP contribution in [0, 0.1) is 3.57 Å². The highest BCUT2D eigenvalue weighted by molar-refractivity contribution is 14.1. The summed E-state index contributed by atoms with van der Waals surface area (Å²) in [5.41, 5.74) is 1.28. The fourth-order valence-electron chi connectivity index (χ4n) is 1.02. The molecule has 60 valence electrons. The molecule has 2 rings (SSSR count). The number of halogens is 1. The number of nitrogens with one attached hydrogen (secondary N) is 1. The number of fused-ring (bicyclic) bond motifs is 1. The summed E-state index contributed by atoms with van der Waals surface area (Å²) < 4.78 is 0.666. The van der Waals surface area contributed by atoms with Crippen molar-refractivity contribution >= 4 is 33.6 Å². The number of hydrogen-bond donors (Lipinski definition) is 1. The van der Waals surface area contributed by atoms with Crippen molar-refractivity contribution in [3.05, 3.63) is 38.3 Å². The third kappa shape index (κ3) is 1.12. The summed E-state index contributed by atoms with van der Waals surface area (Å²) in [7, 11) is 0. The molecule has 0 aliphatic carbocycles. The first kappa shape index (κ1) is 7.72. The maximum Gasteiger partial charge on any atom is 0.221 e. The molecule has 0 aliphatic rings. The second-order valence-corrected chi connectivity index (χ2v) is 3.53. The second kappa shape index (κ2) is 2.85. The zero-order valence-electron chi connectivity index (χ0n) is 6.04. The molecule has 0 spiro atoms. The molecule has 0 fully saturated rings. The van der Waals surface area contributed by atoms with Gasteiger partial charge in [-0.2, -0.15) is 0 Å². The van der Waals surface area contributed by atoms with E-state index in [1.165, 1.54) is 0 Å². The van der Waals surface area contributed by atoms with Crippen molar-refractivity contribution in [1.82, 2.24) is 9.97 Å². The third-order valence-electron chi connectivity index (χ3n) is 1.59. The summed E-state index contributed by atoms with van der Waals surface area (Å²) in [5, 5.41) is 0. The Kier molecular flexibility index (Phi) is 1.84. The van der Waals surface area contributed by atoms with Crippen LogP contribution < -0.4 is 5.43 Å². The van der Waals surface area contributed by atoms with Gasteiger partial charge in [-0.05, 0) is 34.7 Å². The highest BCUT2D eigenvalue weighted by Crippen LogP contribution is 2.04. The van der Waals surface area contributed by atoms with Crippen molar-refractivity contribution in [1.29, 1.82) is 0 Å². The third-order valence-corrected chi connectivity index (χ3v) is 2.40. The minimum absolute atomic E-state index is 0.00931. The lowest BCUT2D eigenvalue weighted by Crippen LogP contribution is -2.07. The van der Waals surface area contributed by atoms with Crippen LogP contribution in [0.15, 0.2) is 29.3 Å². The molecule has 0 saturated heterocycles. The average molecular weight is 272 g/mol. The van der Waals surface area contributed by atoms with Crippen molar-refractivity contribution in [3.8, 4) is 0 Å². The topological polar surface area (TPSA) is 45.8 Å². The fourth-order valence-corrected chi connectivity index (χ4v) is 1.43. The maximum absolute atomic E-state index is 11.4. The van der Waals surface area contributed by atoms with Gasteiger partial charge in [-0.15, -0.1) is 0 Å². The minimum atomic E-state index is -0.00931. The van der Waals surface area contributed by atoms with Crippen molar-refractivity contribution in [2.75, 3.05) is 0 Å². The van der Waals surface area contributed by atoms with Crippen molar-refractivity contribution < 1.29 is 0 Å². The number of aromatic amines is 1. The van der Waals surface area contributed by atoms with E-state index in [1.807, 2.05) is 28.7 Å². The lowest BCUT2D eigenvalue weighted by Gasteiger charge is -1.95. The van der Waals surface area contributed by atoms with E-state index in [0.717, 1.165) is 5.52 Å². The van der Waals surface area contributed by atoms with Gasteiger partial charge in [0.2, 0.25) is 5.43 Å². The molecule has 0 atom stereocenters. The van der Waals surface area contributed by atoms with Gasteiger partial charge < -0.3 is 4.98 Å². The van der Waals surface area contributed by atoms with E-state index >= 15 is 0 Å². The average Bonchev–Trinajstić information content (AvgIpc) is 2.12. The summed E-state index contributed by atoms with van der Waals surface area (Å²) in [4.78, 5) is 18.4. The van der Waals surface area contributed by atoms with E-state index in [2.05, 4.69) is 9.97 Å². The Morgan fingerprint density at radius 3 is 3.17 bits per heavy atom. The van der Waals surface area contributed by atoms with Gasteiger partial charge in [0.25, 0.3) is 0 Å². The molecule has 3 nitrogen and oxygen atoms in total. The van der Waals surface area contributed by atoms with Gasteiger partial charge in [0.05, 0.1) is 9.09 Å². The SMILES string of the molecule is O=c1c(I)c[nH]c2cccnc12. The molecule has 4 heteroatoms. The Balaban J connectivity index is 3.01. The molecule has 12 heavy (non-hydrogen) atoms. The molecule has 0 aromatic carbocycles. The van der Waals surface area contributed by atoms with Crippen LogP contribution in [0.1, 0.15) is 0 Å². The molecule has 0 radical (unpaired) electrons. The van der Waals surface area contributed by atoms with E-state index in [0.29, 0.717) is 9.09 Å². The van der Waals surface area contributed by atoms with Crippen molar-refractivity contribution in [3.63, 3.8) is 0 Å². The summed E-state index contributed by atoms with van der Waals surface area (Å²) >= 11 is 1.99. The first-order valence-corrected chi connectivity index (χ1v) is 4.49. The van der Waals surface area contributed by atoms with E-state index in [1.54, 1.807) is 18.5 Å². The highest BCUT2D eigenvalue weighted by atomic mass is 127. The predicted molar refractivity (Wildman–Crippen MR) is 55.1 cm³/mol. The van der Waals surface area contributed by atoms with Crippen LogP contribution in [0.3, 0.4) is 0 Å².